The molecule has 0 bridgehead atoms. The van der Waals surface area contributed by atoms with Gasteiger partial charge in [-0.05, 0) is 12.1 Å². The fraction of sp³-hybridized carbons (Fsp3) is 0.526. The van der Waals surface area contributed by atoms with E-state index < -0.39 is 0 Å². The van der Waals surface area contributed by atoms with Crippen molar-refractivity contribution in [1.29, 1.82) is 0 Å². The molecule has 28 heavy (non-hydrogen) atoms. The maximum absolute atomic E-state index is 12.4. The number of carbonyl (C=O) groups excluding carboxylic acids is 1. The summed E-state index contributed by atoms with van der Waals surface area (Å²) in [6.45, 7) is 8.45. The van der Waals surface area contributed by atoms with E-state index >= 15 is 0 Å². The minimum atomic E-state index is -0.0946. The van der Waals surface area contributed by atoms with Crippen molar-refractivity contribution in [3.8, 4) is 0 Å². The van der Waals surface area contributed by atoms with Gasteiger partial charge in [0.2, 0.25) is 0 Å². The van der Waals surface area contributed by atoms with E-state index in [1.165, 1.54) is 11.3 Å². The number of hydrogen-bond donors (Lipinski definition) is 1. The van der Waals surface area contributed by atoms with Crippen LogP contribution >= 0.6 is 11.3 Å². The lowest BCUT2D eigenvalue weighted by Gasteiger charge is -2.35. The molecule has 4 rings (SSSR count). The van der Waals surface area contributed by atoms with E-state index in [1.54, 1.807) is 0 Å². The van der Waals surface area contributed by atoms with Gasteiger partial charge in [0.25, 0.3) is 5.91 Å². The average molecular weight is 403 g/mol. The number of hydrogen-bond acceptors (Lipinski definition) is 8. The Hall–Kier alpha value is -2.23. The van der Waals surface area contributed by atoms with Crippen LogP contribution in [-0.4, -0.2) is 86.3 Å². The van der Waals surface area contributed by atoms with Crippen molar-refractivity contribution in [2.75, 3.05) is 75.4 Å². The standard InChI is InChI=1S/C19H26N6O2S/c26-18(21-5-6-23-11-13-27-14-12-23)16-15-28-19(22-16)25-9-7-24(8-10-25)17-3-1-2-4-20-17/h1-4,15H,5-14H2,(H,21,26). The Morgan fingerprint density at radius 1 is 1.11 bits per heavy atom. The number of nitrogens with one attached hydrogen (secondary N) is 1. The van der Waals surface area contributed by atoms with Gasteiger partial charge in [-0.25, -0.2) is 9.97 Å². The molecule has 2 fully saturated rings. The molecule has 0 spiro atoms. The minimum absolute atomic E-state index is 0.0946. The largest absolute Gasteiger partial charge is 0.379 e. The zero-order chi connectivity index (χ0) is 19.2. The Labute approximate surface area is 169 Å². The van der Waals surface area contributed by atoms with E-state index in [0.717, 1.165) is 70.0 Å². The van der Waals surface area contributed by atoms with Crippen LogP contribution in [-0.2, 0) is 4.74 Å². The van der Waals surface area contributed by atoms with E-state index in [2.05, 4.69) is 30.0 Å². The second-order valence-electron chi connectivity index (χ2n) is 6.89. The lowest BCUT2D eigenvalue weighted by Crippen LogP contribution is -2.46. The molecular formula is C19H26N6O2S. The molecule has 0 atom stereocenters. The summed E-state index contributed by atoms with van der Waals surface area (Å²) in [5.74, 6) is 0.921. The number of thiazole rings is 1. The highest BCUT2D eigenvalue weighted by Crippen LogP contribution is 2.23. The number of pyridine rings is 1. The van der Waals surface area contributed by atoms with Crippen molar-refractivity contribution in [1.82, 2.24) is 20.2 Å². The summed E-state index contributed by atoms with van der Waals surface area (Å²) >= 11 is 1.54. The lowest BCUT2D eigenvalue weighted by molar-refractivity contribution is 0.0383. The molecule has 0 saturated carbocycles. The Morgan fingerprint density at radius 3 is 2.64 bits per heavy atom. The van der Waals surface area contributed by atoms with Gasteiger partial charge in [-0.3, -0.25) is 9.69 Å². The van der Waals surface area contributed by atoms with Crippen LogP contribution in [0.25, 0.3) is 0 Å². The quantitative estimate of drug-likeness (QED) is 0.770. The third-order valence-corrected chi connectivity index (χ3v) is 5.97. The maximum Gasteiger partial charge on any atom is 0.270 e. The number of ether oxygens (including phenoxy) is 1. The van der Waals surface area contributed by atoms with Crippen LogP contribution in [0, 0.1) is 0 Å². The zero-order valence-electron chi connectivity index (χ0n) is 15.9. The van der Waals surface area contributed by atoms with Crippen LogP contribution in [0.3, 0.4) is 0 Å². The third kappa shape index (κ3) is 4.78. The Morgan fingerprint density at radius 2 is 1.89 bits per heavy atom. The topological polar surface area (TPSA) is 73.8 Å². The van der Waals surface area contributed by atoms with Crippen LogP contribution in [0.5, 0.6) is 0 Å². The molecule has 9 heteroatoms. The number of rotatable bonds is 6. The number of aromatic nitrogens is 2. The first kappa shape index (κ1) is 19.1. The second kappa shape index (κ2) is 9.31. The molecule has 4 heterocycles. The van der Waals surface area contributed by atoms with Gasteiger partial charge in [0.1, 0.15) is 11.5 Å². The van der Waals surface area contributed by atoms with E-state index in [1.807, 2.05) is 29.8 Å². The lowest BCUT2D eigenvalue weighted by atomic mass is 10.3. The molecule has 0 aromatic carbocycles. The van der Waals surface area contributed by atoms with E-state index in [9.17, 15) is 4.79 Å². The van der Waals surface area contributed by atoms with Gasteiger partial charge in [-0.1, -0.05) is 6.07 Å². The summed E-state index contributed by atoms with van der Waals surface area (Å²) in [6, 6.07) is 5.99. The molecule has 2 aromatic rings. The first-order valence-corrected chi connectivity index (χ1v) is 10.6. The summed E-state index contributed by atoms with van der Waals surface area (Å²) in [5, 5.41) is 5.75. The summed E-state index contributed by atoms with van der Waals surface area (Å²) in [6.07, 6.45) is 1.83. The highest BCUT2D eigenvalue weighted by atomic mass is 32.1. The predicted molar refractivity (Wildman–Crippen MR) is 110 cm³/mol. The summed E-state index contributed by atoms with van der Waals surface area (Å²) in [7, 11) is 0. The molecule has 0 unspecified atom stereocenters. The van der Waals surface area contributed by atoms with Gasteiger partial charge in [-0.15, -0.1) is 11.3 Å². The molecule has 2 aliphatic heterocycles. The van der Waals surface area contributed by atoms with Gasteiger partial charge < -0.3 is 19.9 Å². The first-order chi connectivity index (χ1) is 13.8. The normalized spacial score (nSPS) is 18.3. The first-order valence-electron chi connectivity index (χ1n) is 9.74. The zero-order valence-corrected chi connectivity index (χ0v) is 16.7. The van der Waals surface area contributed by atoms with E-state index in [0.29, 0.717) is 12.2 Å². The molecule has 1 amide bonds. The maximum atomic E-state index is 12.4. The molecule has 8 nitrogen and oxygen atoms in total. The van der Waals surface area contributed by atoms with E-state index in [4.69, 9.17) is 4.74 Å². The summed E-state index contributed by atoms with van der Waals surface area (Å²) in [4.78, 5) is 28.2. The smallest absolute Gasteiger partial charge is 0.270 e. The van der Waals surface area contributed by atoms with Gasteiger partial charge in [0, 0.05) is 63.9 Å². The van der Waals surface area contributed by atoms with Crippen molar-refractivity contribution in [3.05, 3.63) is 35.5 Å². The Kier molecular flexibility index (Phi) is 6.35. The molecule has 0 aliphatic carbocycles. The summed E-state index contributed by atoms with van der Waals surface area (Å²) < 4.78 is 5.34. The van der Waals surface area contributed by atoms with Gasteiger partial charge >= 0.3 is 0 Å². The fourth-order valence-electron chi connectivity index (χ4n) is 3.42. The van der Waals surface area contributed by atoms with E-state index in [-0.39, 0.29) is 5.91 Å². The summed E-state index contributed by atoms with van der Waals surface area (Å²) in [5.41, 5.74) is 0.508. The number of carbonyl (C=O) groups is 1. The molecule has 2 aliphatic rings. The predicted octanol–water partition coefficient (Wildman–Crippen LogP) is 0.927. The molecular weight excluding hydrogens is 376 g/mol. The van der Waals surface area contributed by atoms with Crippen molar-refractivity contribution in [2.45, 2.75) is 0 Å². The van der Waals surface area contributed by atoms with Gasteiger partial charge in [-0.2, -0.15) is 0 Å². The number of morpholine rings is 1. The second-order valence-corrected chi connectivity index (χ2v) is 7.72. The third-order valence-electron chi connectivity index (χ3n) is 5.07. The number of piperazine rings is 1. The monoisotopic (exact) mass is 402 g/mol. The molecule has 2 saturated heterocycles. The number of anilines is 2. The highest BCUT2D eigenvalue weighted by Gasteiger charge is 2.21. The van der Waals surface area contributed by atoms with Gasteiger partial charge in [0.15, 0.2) is 5.13 Å². The minimum Gasteiger partial charge on any atom is -0.379 e. The Bertz CT molecular complexity index is 757. The number of amides is 1. The van der Waals surface area contributed by atoms with Crippen molar-refractivity contribution in [3.63, 3.8) is 0 Å². The van der Waals surface area contributed by atoms with Crippen LogP contribution in [0.4, 0.5) is 10.9 Å². The molecule has 0 radical (unpaired) electrons. The molecule has 150 valence electrons. The molecule has 2 aromatic heterocycles. The van der Waals surface area contributed by atoms with Crippen LogP contribution in [0.2, 0.25) is 0 Å². The van der Waals surface area contributed by atoms with Crippen LogP contribution in [0.15, 0.2) is 29.8 Å². The Balaban J connectivity index is 1.24. The number of nitrogens with zero attached hydrogens (tertiary/aromatic N) is 5. The van der Waals surface area contributed by atoms with Crippen molar-refractivity contribution < 1.29 is 9.53 Å². The van der Waals surface area contributed by atoms with Crippen LogP contribution in [0.1, 0.15) is 10.5 Å². The van der Waals surface area contributed by atoms with Crippen molar-refractivity contribution >= 4 is 28.2 Å². The van der Waals surface area contributed by atoms with Crippen molar-refractivity contribution in [2.24, 2.45) is 0 Å². The van der Waals surface area contributed by atoms with Gasteiger partial charge in [0.05, 0.1) is 13.2 Å². The fourth-order valence-corrected chi connectivity index (χ4v) is 4.28. The van der Waals surface area contributed by atoms with Crippen LogP contribution < -0.4 is 15.1 Å². The average Bonchev–Trinajstić information content (AvgIpc) is 3.26. The highest BCUT2D eigenvalue weighted by molar-refractivity contribution is 7.13. The molecule has 1 N–H and O–H groups in total. The SMILES string of the molecule is O=C(NCCN1CCOCC1)c1csc(N2CCN(c3ccccn3)CC2)n1.